The Morgan fingerprint density at radius 2 is 1.96 bits per heavy atom. The average molecular weight is 369 g/mol. The van der Waals surface area contributed by atoms with Crippen LogP contribution in [0, 0.1) is 0 Å². The van der Waals surface area contributed by atoms with Crippen LogP contribution in [0.25, 0.3) is 5.69 Å². The number of carbonyl (C=O) groups excluding carboxylic acids is 1. The molecule has 5 nitrogen and oxygen atoms in total. The topological polar surface area (TPSA) is 50.2 Å². The highest BCUT2D eigenvalue weighted by Crippen LogP contribution is 2.24. The minimum absolute atomic E-state index is 0.00141. The van der Waals surface area contributed by atoms with Crippen LogP contribution in [0.2, 0.25) is 5.02 Å². The van der Waals surface area contributed by atoms with Gasteiger partial charge < -0.3 is 10.2 Å². The molecule has 26 heavy (non-hydrogen) atoms. The van der Waals surface area contributed by atoms with Crippen molar-refractivity contribution >= 4 is 28.9 Å². The zero-order valence-corrected chi connectivity index (χ0v) is 15.5. The van der Waals surface area contributed by atoms with Crippen LogP contribution in [0.5, 0.6) is 0 Å². The van der Waals surface area contributed by atoms with Crippen LogP contribution < -0.4 is 10.2 Å². The second-order valence-electron chi connectivity index (χ2n) is 6.16. The highest BCUT2D eigenvalue weighted by molar-refractivity contribution is 6.32. The molecule has 0 fully saturated rings. The van der Waals surface area contributed by atoms with Crippen molar-refractivity contribution in [1.82, 2.24) is 9.78 Å². The number of aromatic nitrogens is 2. The highest BCUT2D eigenvalue weighted by atomic mass is 35.5. The molecule has 0 atom stereocenters. The Bertz CT molecular complexity index is 863. The van der Waals surface area contributed by atoms with E-state index in [0.717, 1.165) is 17.1 Å². The number of amides is 1. The van der Waals surface area contributed by atoms with Crippen molar-refractivity contribution in [2.45, 2.75) is 19.9 Å². The van der Waals surface area contributed by atoms with Crippen LogP contribution in [0.3, 0.4) is 0 Å². The molecule has 0 spiro atoms. The zero-order valence-electron chi connectivity index (χ0n) is 14.8. The Hall–Kier alpha value is -2.79. The van der Waals surface area contributed by atoms with Crippen molar-refractivity contribution in [3.8, 4) is 5.69 Å². The summed E-state index contributed by atoms with van der Waals surface area (Å²) in [6.07, 6.45) is 3.53. The molecular formula is C20H21ClN4O. The summed E-state index contributed by atoms with van der Waals surface area (Å²) in [4.78, 5) is 14.5. The van der Waals surface area contributed by atoms with Crippen molar-refractivity contribution in [2.24, 2.45) is 0 Å². The summed E-state index contributed by atoms with van der Waals surface area (Å²) >= 11 is 6.35. The minimum Gasteiger partial charge on any atom is -0.376 e. The molecule has 3 aromatic rings. The normalized spacial score (nSPS) is 10.8. The van der Waals surface area contributed by atoms with Crippen LogP contribution >= 0.6 is 11.6 Å². The fourth-order valence-electron chi connectivity index (χ4n) is 2.80. The van der Waals surface area contributed by atoms with Gasteiger partial charge in [0.25, 0.3) is 0 Å². The Morgan fingerprint density at radius 1 is 1.19 bits per heavy atom. The Morgan fingerprint density at radius 3 is 2.58 bits per heavy atom. The lowest BCUT2D eigenvalue weighted by Gasteiger charge is -2.27. The van der Waals surface area contributed by atoms with Crippen LogP contribution in [-0.2, 0) is 4.79 Å². The van der Waals surface area contributed by atoms with E-state index in [-0.39, 0.29) is 18.5 Å². The Kier molecular flexibility index (Phi) is 5.58. The monoisotopic (exact) mass is 368 g/mol. The molecule has 134 valence electrons. The predicted molar refractivity (Wildman–Crippen MR) is 106 cm³/mol. The molecule has 1 amide bonds. The van der Waals surface area contributed by atoms with E-state index in [1.807, 2.05) is 68.6 Å². The molecule has 3 rings (SSSR count). The van der Waals surface area contributed by atoms with Gasteiger partial charge >= 0.3 is 0 Å². The van der Waals surface area contributed by atoms with E-state index in [9.17, 15) is 4.79 Å². The van der Waals surface area contributed by atoms with E-state index in [1.54, 1.807) is 21.8 Å². The lowest BCUT2D eigenvalue weighted by Crippen LogP contribution is -2.40. The van der Waals surface area contributed by atoms with Crippen molar-refractivity contribution in [3.63, 3.8) is 0 Å². The van der Waals surface area contributed by atoms with Gasteiger partial charge in [0.05, 0.1) is 17.3 Å². The van der Waals surface area contributed by atoms with Crippen molar-refractivity contribution < 1.29 is 4.79 Å². The molecule has 0 aliphatic rings. The van der Waals surface area contributed by atoms with E-state index < -0.39 is 0 Å². The average Bonchev–Trinajstić information content (AvgIpc) is 3.15. The third-order valence-electron chi connectivity index (χ3n) is 3.96. The van der Waals surface area contributed by atoms with Gasteiger partial charge in [-0.3, -0.25) is 4.79 Å². The van der Waals surface area contributed by atoms with Gasteiger partial charge in [0, 0.05) is 29.8 Å². The molecule has 0 unspecified atom stereocenters. The molecule has 0 aliphatic heterocycles. The van der Waals surface area contributed by atoms with Crippen molar-refractivity contribution in [3.05, 3.63) is 72.0 Å². The van der Waals surface area contributed by atoms with Gasteiger partial charge in [0.1, 0.15) is 0 Å². The number of nitrogens with zero attached hydrogens (tertiary/aromatic N) is 3. The molecular weight excluding hydrogens is 348 g/mol. The standard InChI is InChI=1S/C20H21ClN4O/c1-15(2)25(17-7-4-3-5-8-17)20(26)14-22-16-9-10-19(18(21)13-16)24-12-6-11-23-24/h3-13,15,22H,14H2,1-2H3. The number of halogens is 1. The summed E-state index contributed by atoms with van der Waals surface area (Å²) in [6, 6.07) is 17.1. The summed E-state index contributed by atoms with van der Waals surface area (Å²) in [5.74, 6) is -0.00141. The molecule has 0 radical (unpaired) electrons. The van der Waals surface area contributed by atoms with Crippen LogP contribution in [0.1, 0.15) is 13.8 Å². The number of para-hydroxylation sites is 1. The smallest absolute Gasteiger partial charge is 0.246 e. The molecule has 0 saturated carbocycles. The summed E-state index contributed by atoms with van der Waals surface area (Å²) in [6.45, 7) is 4.19. The SMILES string of the molecule is CC(C)N(C(=O)CNc1ccc(-n2cccn2)c(Cl)c1)c1ccccc1. The van der Waals surface area contributed by atoms with Gasteiger partial charge in [-0.1, -0.05) is 29.8 Å². The summed E-state index contributed by atoms with van der Waals surface area (Å²) in [5.41, 5.74) is 2.47. The van der Waals surface area contributed by atoms with Gasteiger partial charge in [-0.25, -0.2) is 4.68 Å². The molecule has 6 heteroatoms. The fraction of sp³-hybridized carbons (Fsp3) is 0.200. The first-order valence-corrected chi connectivity index (χ1v) is 8.84. The molecule has 0 bridgehead atoms. The van der Waals surface area contributed by atoms with Gasteiger partial charge in [-0.2, -0.15) is 5.10 Å². The van der Waals surface area contributed by atoms with Crippen LogP contribution in [0.4, 0.5) is 11.4 Å². The first kappa shape index (κ1) is 18.0. The number of hydrogen-bond acceptors (Lipinski definition) is 3. The Labute approximate surface area is 158 Å². The highest BCUT2D eigenvalue weighted by Gasteiger charge is 2.18. The van der Waals surface area contributed by atoms with Crippen LogP contribution in [-0.4, -0.2) is 28.3 Å². The third kappa shape index (κ3) is 4.06. The molecule has 1 heterocycles. The van der Waals surface area contributed by atoms with E-state index in [0.29, 0.717) is 5.02 Å². The van der Waals surface area contributed by atoms with Gasteiger partial charge in [0.15, 0.2) is 0 Å². The van der Waals surface area contributed by atoms with Crippen LogP contribution in [0.15, 0.2) is 67.0 Å². The number of benzene rings is 2. The first-order chi connectivity index (χ1) is 12.6. The van der Waals surface area contributed by atoms with Crippen molar-refractivity contribution in [1.29, 1.82) is 0 Å². The largest absolute Gasteiger partial charge is 0.376 e. The fourth-order valence-corrected chi connectivity index (χ4v) is 3.06. The predicted octanol–water partition coefficient (Wildman–Crippen LogP) is 4.38. The van der Waals surface area contributed by atoms with E-state index in [4.69, 9.17) is 11.6 Å². The quantitative estimate of drug-likeness (QED) is 0.702. The number of anilines is 2. The second-order valence-corrected chi connectivity index (χ2v) is 6.57. The second kappa shape index (κ2) is 8.06. The number of rotatable bonds is 6. The molecule has 1 N–H and O–H groups in total. The lowest BCUT2D eigenvalue weighted by atomic mass is 10.2. The van der Waals surface area contributed by atoms with Gasteiger partial charge in [0.2, 0.25) is 5.91 Å². The van der Waals surface area contributed by atoms with E-state index >= 15 is 0 Å². The maximum Gasteiger partial charge on any atom is 0.246 e. The number of nitrogens with one attached hydrogen (secondary N) is 1. The first-order valence-electron chi connectivity index (χ1n) is 8.47. The third-order valence-corrected chi connectivity index (χ3v) is 4.26. The summed E-state index contributed by atoms with van der Waals surface area (Å²) < 4.78 is 1.70. The lowest BCUT2D eigenvalue weighted by molar-refractivity contribution is -0.117. The van der Waals surface area contributed by atoms with Gasteiger partial charge in [-0.15, -0.1) is 0 Å². The van der Waals surface area contributed by atoms with Crippen molar-refractivity contribution in [2.75, 3.05) is 16.8 Å². The number of carbonyl (C=O) groups is 1. The van der Waals surface area contributed by atoms with Gasteiger partial charge in [-0.05, 0) is 50.2 Å². The molecule has 1 aromatic heterocycles. The maximum atomic E-state index is 12.7. The molecule has 2 aromatic carbocycles. The zero-order chi connectivity index (χ0) is 18.5. The van der Waals surface area contributed by atoms with E-state index in [2.05, 4.69) is 10.4 Å². The molecule has 0 saturated heterocycles. The minimum atomic E-state index is -0.00141. The summed E-state index contributed by atoms with van der Waals surface area (Å²) in [7, 11) is 0. The maximum absolute atomic E-state index is 12.7. The summed E-state index contributed by atoms with van der Waals surface area (Å²) in [5, 5.41) is 7.90. The Balaban J connectivity index is 1.70. The molecule has 0 aliphatic carbocycles. The number of hydrogen-bond donors (Lipinski definition) is 1. The van der Waals surface area contributed by atoms with E-state index in [1.165, 1.54) is 0 Å².